The predicted molar refractivity (Wildman–Crippen MR) is 96.6 cm³/mol. The standard InChI is InChI=1S/C19H15F4N3O2S/c1-26-17(19(21,22)23)24-25-18(26)29-10-13-8-14(20)7-12-9-27-16(28-15(12)13)11-5-3-2-4-6-11/h2-8,16H,9-10H2,1H3/t16-/m1/s1. The molecule has 5 nitrogen and oxygen atoms in total. The molecule has 152 valence electrons. The number of rotatable bonds is 4. The lowest BCUT2D eigenvalue weighted by Crippen LogP contribution is -2.19. The summed E-state index contributed by atoms with van der Waals surface area (Å²) in [5.41, 5.74) is 1.86. The molecule has 0 amide bonds. The van der Waals surface area contributed by atoms with Gasteiger partial charge in [-0.1, -0.05) is 42.1 Å². The Hall–Kier alpha value is -2.59. The lowest BCUT2D eigenvalue weighted by atomic mass is 10.1. The van der Waals surface area contributed by atoms with Crippen LogP contribution in [0.4, 0.5) is 17.6 Å². The number of alkyl halides is 3. The van der Waals surface area contributed by atoms with E-state index >= 15 is 0 Å². The minimum atomic E-state index is -4.60. The number of fused-ring (bicyclic) bond motifs is 1. The van der Waals surface area contributed by atoms with E-state index in [-0.39, 0.29) is 17.5 Å². The number of ether oxygens (including phenoxy) is 2. The second kappa shape index (κ2) is 7.68. The molecule has 0 fully saturated rings. The van der Waals surface area contributed by atoms with E-state index in [1.165, 1.54) is 19.2 Å². The number of hydrogen-bond acceptors (Lipinski definition) is 5. The summed E-state index contributed by atoms with van der Waals surface area (Å²) >= 11 is 1.02. The van der Waals surface area contributed by atoms with Crippen LogP contribution >= 0.6 is 11.8 Å². The van der Waals surface area contributed by atoms with Gasteiger partial charge in [0, 0.05) is 29.5 Å². The highest BCUT2D eigenvalue weighted by Crippen LogP contribution is 2.39. The minimum Gasteiger partial charge on any atom is -0.460 e. The molecule has 0 aliphatic carbocycles. The number of thioether (sulfide) groups is 1. The van der Waals surface area contributed by atoms with Gasteiger partial charge in [-0.2, -0.15) is 13.2 Å². The molecular weight excluding hydrogens is 410 g/mol. The van der Waals surface area contributed by atoms with Crippen molar-refractivity contribution in [2.75, 3.05) is 0 Å². The molecule has 10 heteroatoms. The van der Waals surface area contributed by atoms with E-state index < -0.39 is 24.1 Å². The van der Waals surface area contributed by atoms with Crippen molar-refractivity contribution >= 4 is 11.8 Å². The van der Waals surface area contributed by atoms with Gasteiger partial charge in [0.15, 0.2) is 5.16 Å². The van der Waals surface area contributed by atoms with E-state index in [1.54, 1.807) is 0 Å². The Balaban J connectivity index is 1.58. The van der Waals surface area contributed by atoms with Gasteiger partial charge >= 0.3 is 6.18 Å². The summed E-state index contributed by atoms with van der Waals surface area (Å²) in [6.07, 6.45) is -5.24. The molecule has 0 radical (unpaired) electrons. The molecule has 1 aliphatic heterocycles. The van der Waals surface area contributed by atoms with Gasteiger partial charge in [-0.05, 0) is 12.1 Å². The number of aromatic nitrogens is 3. The molecular formula is C19H15F4N3O2S. The third-order valence-electron chi connectivity index (χ3n) is 4.34. The fourth-order valence-electron chi connectivity index (χ4n) is 2.99. The van der Waals surface area contributed by atoms with Crippen LogP contribution in [-0.4, -0.2) is 14.8 Å². The van der Waals surface area contributed by atoms with E-state index in [4.69, 9.17) is 9.47 Å². The molecule has 0 N–H and O–H groups in total. The highest BCUT2D eigenvalue weighted by atomic mass is 32.2. The summed E-state index contributed by atoms with van der Waals surface area (Å²) in [6, 6.07) is 11.9. The van der Waals surface area contributed by atoms with Crippen molar-refractivity contribution in [2.45, 2.75) is 30.0 Å². The smallest absolute Gasteiger partial charge is 0.451 e. The average Bonchev–Trinajstić information content (AvgIpc) is 3.07. The monoisotopic (exact) mass is 425 g/mol. The van der Waals surface area contributed by atoms with Gasteiger partial charge in [-0.3, -0.25) is 0 Å². The van der Waals surface area contributed by atoms with Crippen molar-refractivity contribution in [3.05, 3.63) is 70.8 Å². The van der Waals surface area contributed by atoms with Crippen molar-refractivity contribution in [3.63, 3.8) is 0 Å². The van der Waals surface area contributed by atoms with Gasteiger partial charge in [-0.25, -0.2) is 4.39 Å². The van der Waals surface area contributed by atoms with Crippen LogP contribution in [0.1, 0.15) is 28.8 Å². The first-order valence-corrected chi connectivity index (χ1v) is 9.55. The van der Waals surface area contributed by atoms with Gasteiger partial charge < -0.3 is 14.0 Å². The van der Waals surface area contributed by atoms with Crippen molar-refractivity contribution in [3.8, 4) is 5.75 Å². The highest BCUT2D eigenvalue weighted by molar-refractivity contribution is 7.98. The Morgan fingerprint density at radius 1 is 1.17 bits per heavy atom. The molecule has 3 aromatic rings. The van der Waals surface area contributed by atoms with Crippen molar-refractivity contribution in [1.29, 1.82) is 0 Å². The predicted octanol–water partition coefficient (Wildman–Crippen LogP) is 4.87. The molecule has 29 heavy (non-hydrogen) atoms. The van der Waals surface area contributed by atoms with Gasteiger partial charge in [0.25, 0.3) is 0 Å². The normalized spacial score (nSPS) is 16.4. The zero-order chi connectivity index (χ0) is 20.6. The molecule has 0 saturated carbocycles. The summed E-state index contributed by atoms with van der Waals surface area (Å²) in [6.45, 7) is 0.159. The molecule has 1 aliphatic rings. The fraction of sp³-hybridized carbons (Fsp3) is 0.263. The van der Waals surface area contributed by atoms with Crippen LogP contribution in [0, 0.1) is 5.82 Å². The zero-order valence-corrected chi connectivity index (χ0v) is 15.9. The van der Waals surface area contributed by atoms with Gasteiger partial charge in [0.2, 0.25) is 12.1 Å². The molecule has 2 aromatic carbocycles. The van der Waals surface area contributed by atoms with Gasteiger partial charge in [-0.15, -0.1) is 10.2 Å². The SMILES string of the molecule is Cn1c(SCc2cc(F)cc3c2O[C@H](c2ccccc2)OC3)nnc1C(F)(F)F. The number of halogens is 4. The van der Waals surface area contributed by atoms with E-state index in [2.05, 4.69) is 10.2 Å². The second-order valence-electron chi connectivity index (χ2n) is 6.38. The lowest BCUT2D eigenvalue weighted by molar-refractivity contribution is -0.147. The van der Waals surface area contributed by atoms with Crippen molar-refractivity contribution in [2.24, 2.45) is 7.05 Å². The maximum atomic E-state index is 14.0. The maximum Gasteiger partial charge on any atom is 0.451 e. The summed E-state index contributed by atoms with van der Waals surface area (Å²) in [5.74, 6) is -0.934. The molecule has 0 unspecified atom stereocenters. The zero-order valence-electron chi connectivity index (χ0n) is 15.1. The molecule has 1 atom stereocenters. The van der Waals surface area contributed by atoms with E-state index in [0.717, 1.165) is 21.9 Å². The van der Waals surface area contributed by atoms with Crippen molar-refractivity contribution < 1.29 is 27.0 Å². The lowest BCUT2D eigenvalue weighted by Gasteiger charge is -2.28. The molecule has 4 rings (SSSR count). The highest BCUT2D eigenvalue weighted by Gasteiger charge is 2.37. The minimum absolute atomic E-state index is 0.0713. The largest absolute Gasteiger partial charge is 0.460 e. The second-order valence-corrected chi connectivity index (χ2v) is 7.32. The van der Waals surface area contributed by atoms with Crippen LogP contribution < -0.4 is 4.74 Å². The van der Waals surface area contributed by atoms with Gasteiger partial charge in [0.1, 0.15) is 11.6 Å². The van der Waals surface area contributed by atoms with Crippen LogP contribution in [0.3, 0.4) is 0 Å². The average molecular weight is 425 g/mol. The van der Waals surface area contributed by atoms with Crippen LogP contribution in [0.2, 0.25) is 0 Å². The first kappa shape index (κ1) is 19.7. The number of benzene rings is 2. The summed E-state index contributed by atoms with van der Waals surface area (Å²) in [5, 5.41) is 6.86. The summed E-state index contributed by atoms with van der Waals surface area (Å²) < 4.78 is 65.2. The molecule has 0 spiro atoms. The first-order chi connectivity index (χ1) is 13.8. The Labute approximate surface area is 167 Å². The quantitative estimate of drug-likeness (QED) is 0.441. The fourth-order valence-corrected chi connectivity index (χ4v) is 3.87. The Morgan fingerprint density at radius 3 is 2.62 bits per heavy atom. The van der Waals surface area contributed by atoms with Crippen LogP contribution in [0.25, 0.3) is 0 Å². The van der Waals surface area contributed by atoms with E-state index in [1.807, 2.05) is 30.3 Å². The topological polar surface area (TPSA) is 49.2 Å². The van der Waals surface area contributed by atoms with Crippen molar-refractivity contribution in [1.82, 2.24) is 14.8 Å². The number of nitrogens with zero attached hydrogens (tertiary/aromatic N) is 3. The van der Waals surface area contributed by atoms with E-state index in [0.29, 0.717) is 16.9 Å². The number of hydrogen-bond donors (Lipinski definition) is 0. The van der Waals surface area contributed by atoms with Crippen LogP contribution in [0.5, 0.6) is 5.75 Å². The van der Waals surface area contributed by atoms with Gasteiger partial charge in [0.05, 0.1) is 6.61 Å². The third-order valence-corrected chi connectivity index (χ3v) is 5.41. The molecule has 1 aromatic heterocycles. The van der Waals surface area contributed by atoms with Crippen LogP contribution in [-0.2, 0) is 30.3 Å². The Bertz CT molecular complexity index is 1020. The molecule has 0 bridgehead atoms. The first-order valence-electron chi connectivity index (χ1n) is 8.57. The van der Waals surface area contributed by atoms with Crippen LogP contribution in [0.15, 0.2) is 47.6 Å². The maximum absolute atomic E-state index is 14.0. The summed E-state index contributed by atoms with van der Waals surface area (Å²) in [7, 11) is 1.24. The molecule has 0 saturated heterocycles. The van der Waals surface area contributed by atoms with E-state index in [9.17, 15) is 17.6 Å². The Morgan fingerprint density at radius 2 is 1.93 bits per heavy atom. The Kier molecular flexibility index (Phi) is 5.22. The molecule has 2 heterocycles. The summed E-state index contributed by atoms with van der Waals surface area (Å²) in [4.78, 5) is 0. The third kappa shape index (κ3) is 4.08.